The Labute approximate surface area is 76.9 Å². The van der Waals surface area contributed by atoms with Crippen LogP contribution in [0.3, 0.4) is 0 Å². The van der Waals surface area contributed by atoms with E-state index in [4.69, 9.17) is 5.26 Å². The molecule has 0 bridgehead atoms. The predicted molar refractivity (Wildman–Crippen MR) is 50.0 cm³/mol. The van der Waals surface area contributed by atoms with Crippen LogP contribution in [0.4, 0.5) is 5.82 Å². The van der Waals surface area contributed by atoms with E-state index >= 15 is 0 Å². The number of nitriles is 1. The van der Waals surface area contributed by atoms with Gasteiger partial charge in [-0.25, -0.2) is 9.97 Å². The lowest BCUT2D eigenvalue weighted by Gasteiger charge is -2.08. The fourth-order valence-corrected chi connectivity index (χ4v) is 0.752. The van der Waals surface area contributed by atoms with Gasteiger partial charge in [0.25, 0.3) is 0 Å². The van der Waals surface area contributed by atoms with Crippen molar-refractivity contribution in [3.63, 3.8) is 0 Å². The summed E-state index contributed by atoms with van der Waals surface area (Å²) in [6.45, 7) is 5.58. The third-order valence-corrected chi connectivity index (χ3v) is 1.50. The number of anilines is 1. The Balaban J connectivity index is 2.70. The summed E-state index contributed by atoms with van der Waals surface area (Å²) in [6, 6.07) is 2.04. The summed E-state index contributed by atoms with van der Waals surface area (Å²) in [4.78, 5) is 7.86. The third-order valence-electron chi connectivity index (χ3n) is 1.50. The minimum atomic E-state index is 0.141. The lowest BCUT2D eigenvalue weighted by Crippen LogP contribution is -2.12. The van der Waals surface area contributed by atoms with Crippen molar-refractivity contribution in [2.45, 2.75) is 13.0 Å². The van der Waals surface area contributed by atoms with Gasteiger partial charge < -0.3 is 5.32 Å². The maximum atomic E-state index is 8.47. The maximum absolute atomic E-state index is 8.47. The molecule has 0 amide bonds. The van der Waals surface area contributed by atoms with Gasteiger partial charge in [-0.2, -0.15) is 5.26 Å². The van der Waals surface area contributed by atoms with Crippen molar-refractivity contribution >= 4 is 5.82 Å². The van der Waals surface area contributed by atoms with Crippen LogP contribution in [0, 0.1) is 11.3 Å². The molecular weight excluding hydrogens is 164 g/mol. The Bertz CT molecular complexity index is 322. The first kappa shape index (κ1) is 9.20. The number of nitrogens with zero attached hydrogens (tertiary/aromatic N) is 3. The van der Waals surface area contributed by atoms with E-state index in [2.05, 4.69) is 21.9 Å². The summed E-state index contributed by atoms with van der Waals surface area (Å²) in [5.41, 5.74) is 0.316. The van der Waals surface area contributed by atoms with E-state index in [1.165, 1.54) is 12.4 Å². The van der Waals surface area contributed by atoms with Crippen LogP contribution in [-0.4, -0.2) is 16.0 Å². The van der Waals surface area contributed by atoms with Crippen LogP contribution in [-0.2, 0) is 0 Å². The van der Waals surface area contributed by atoms with E-state index < -0.39 is 0 Å². The Morgan fingerprint density at radius 2 is 2.38 bits per heavy atom. The highest BCUT2D eigenvalue weighted by molar-refractivity contribution is 5.35. The zero-order valence-corrected chi connectivity index (χ0v) is 7.36. The average molecular weight is 174 g/mol. The molecule has 0 aliphatic rings. The second-order valence-corrected chi connectivity index (χ2v) is 2.57. The van der Waals surface area contributed by atoms with Gasteiger partial charge in [-0.1, -0.05) is 6.08 Å². The van der Waals surface area contributed by atoms with Crippen LogP contribution in [0.15, 0.2) is 25.0 Å². The summed E-state index contributed by atoms with van der Waals surface area (Å²) < 4.78 is 0. The van der Waals surface area contributed by atoms with Crippen molar-refractivity contribution in [2.75, 3.05) is 5.32 Å². The van der Waals surface area contributed by atoms with Crippen molar-refractivity contribution < 1.29 is 0 Å². The quantitative estimate of drug-likeness (QED) is 0.702. The van der Waals surface area contributed by atoms with Gasteiger partial charge >= 0.3 is 0 Å². The Kier molecular flexibility index (Phi) is 2.98. The summed E-state index contributed by atoms with van der Waals surface area (Å²) in [5.74, 6) is 0.645. The number of hydrogen-bond donors (Lipinski definition) is 1. The van der Waals surface area contributed by atoms with Crippen LogP contribution < -0.4 is 5.32 Å². The topological polar surface area (TPSA) is 61.6 Å². The van der Waals surface area contributed by atoms with Crippen molar-refractivity contribution in [3.05, 3.63) is 30.7 Å². The average Bonchev–Trinajstić information content (AvgIpc) is 2.19. The van der Waals surface area contributed by atoms with E-state index in [1.54, 1.807) is 6.08 Å². The van der Waals surface area contributed by atoms with Gasteiger partial charge in [0, 0.05) is 6.04 Å². The molecular formula is C9H10N4. The molecule has 1 aromatic heterocycles. The molecule has 4 nitrogen and oxygen atoms in total. The molecule has 1 unspecified atom stereocenters. The first-order valence-corrected chi connectivity index (χ1v) is 3.87. The van der Waals surface area contributed by atoms with Gasteiger partial charge in [0.15, 0.2) is 5.69 Å². The molecule has 0 aliphatic heterocycles. The summed E-state index contributed by atoms with van der Waals surface area (Å²) >= 11 is 0. The van der Waals surface area contributed by atoms with Gasteiger partial charge in [0.2, 0.25) is 0 Å². The van der Waals surface area contributed by atoms with Crippen molar-refractivity contribution in [1.82, 2.24) is 9.97 Å². The molecule has 1 aromatic rings. The fraction of sp³-hybridized carbons (Fsp3) is 0.222. The van der Waals surface area contributed by atoms with Gasteiger partial charge in [-0.05, 0) is 6.92 Å². The summed E-state index contributed by atoms with van der Waals surface area (Å²) in [7, 11) is 0. The number of nitrogens with one attached hydrogen (secondary N) is 1. The molecule has 66 valence electrons. The van der Waals surface area contributed by atoms with Gasteiger partial charge in [0.1, 0.15) is 11.9 Å². The van der Waals surface area contributed by atoms with Crippen LogP contribution in [0.25, 0.3) is 0 Å². The van der Waals surface area contributed by atoms with E-state index in [-0.39, 0.29) is 6.04 Å². The van der Waals surface area contributed by atoms with Crippen molar-refractivity contribution in [1.29, 1.82) is 5.26 Å². The highest BCUT2D eigenvalue weighted by Crippen LogP contribution is 2.02. The molecule has 1 N–H and O–H groups in total. The van der Waals surface area contributed by atoms with Crippen molar-refractivity contribution in [2.24, 2.45) is 0 Å². The highest BCUT2D eigenvalue weighted by Gasteiger charge is 1.98. The lowest BCUT2D eigenvalue weighted by molar-refractivity contribution is 0.974. The minimum Gasteiger partial charge on any atom is -0.363 e. The minimum absolute atomic E-state index is 0.141. The SMILES string of the molecule is C=CC(C)Nc1cnc(C#N)cn1. The van der Waals surface area contributed by atoms with Gasteiger partial charge in [-0.3, -0.25) is 0 Å². The maximum Gasteiger partial charge on any atom is 0.158 e. The molecule has 0 spiro atoms. The molecule has 0 aromatic carbocycles. The van der Waals surface area contributed by atoms with E-state index in [1.807, 2.05) is 13.0 Å². The molecule has 0 fully saturated rings. The number of hydrogen-bond acceptors (Lipinski definition) is 4. The highest BCUT2D eigenvalue weighted by atomic mass is 15.0. The first-order valence-electron chi connectivity index (χ1n) is 3.87. The second-order valence-electron chi connectivity index (χ2n) is 2.57. The largest absolute Gasteiger partial charge is 0.363 e. The Hall–Kier alpha value is -1.89. The smallest absolute Gasteiger partial charge is 0.158 e. The molecule has 1 atom stereocenters. The first-order chi connectivity index (χ1) is 6.26. The van der Waals surface area contributed by atoms with E-state index in [9.17, 15) is 0 Å². The summed E-state index contributed by atoms with van der Waals surface area (Å²) in [5, 5.41) is 11.5. The summed E-state index contributed by atoms with van der Waals surface area (Å²) in [6.07, 6.45) is 4.72. The lowest BCUT2D eigenvalue weighted by atomic mass is 10.3. The predicted octanol–water partition coefficient (Wildman–Crippen LogP) is 1.33. The van der Waals surface area contributed by atoms with Crippen LogP contribution in [0.5, 0.6) is 0 Å². The molecule has 0 radical (unpaired) electrons. The zero-order valence-electron chi connectivity index (χ0n) is 7.36. The molecule has 13 heavy (non-hydrogen) atoms. The van der Waals surface area contributed by atoms with Crippen LogP contribution >= 0.6 is 0 Å². The van der Waals surface area contributed by atoms with Gasteiger partial charge in [-0.15, -0.1) is 6.58 Å². The van der Waals surface area contributed by atoms with E-state index in [0.717, 1.165) is 0 Å². The third kappa shape index (κ3) is 2.56. The number of rotatable bonds is 3. The molecule has 4 heteroatoms. The van der Waals surface area contributed by atoms with Crippen LogP contribution in [0.1, 0.15) is 12.6 Å². The molecule has 1 rings (SSSR count). The molecule has 0 aliphatic carbocycles. The Morgan fingerprint density at radius 1 is 1.62 bits per heavy atom. The second kappa shape index (κ2) is 4.21. The molecule has 0 saturated carbocycles. The van der Waals surface area contributed by atoms with Crippen LogP contribution in [0.2, 0.25) is 0 Å². The number of aromatic nitrogens is 2. The van der Waals surface area contributed by atoms with Gasteiger partial charge in [0.05, 0.1) is 12.4 Å². The van der Waals surface area contributed by atoms with E-state index in [0.29, 0.717) is 11.5 Å². The standard InChI is InChI=1S/C9H10N4/c1-3-7(2)13-9-6-11-8(4-10)5-12-9/h3,5-7H,1H2,2H3,(H,12,13). The normalized spacial score (nSPS) is 11.4. The molecule has 1 heterocycles. The monoisotopic (exact) mass is 174 g/mol. The van der Waals surface area contributed by atoms with Crippen molar-refractivity contribution in [3.8, 4) is 6.07 Å². The Morgan fingerprint density at radius 3 is 2.85 bits per heavy atom. The fourth-order valence-electron chi connectivity index (χ4n) is 0.752. The molecule has 0 saturated heterocycles. The zero-order chi connectivity index (χ0) is 9.68.